The van der Waals surface area contributed by atoms with Crippen LogP contribution in [0.3, 0.4) is 0 Å². The van der Waals surface area contributed by atoms with Crippen LogP contribution in [0.25, 0.3) is 10.1 Å². The van der Waals surface area contributed by atoms with Gasteiger partial charge in [-0.05, 0) is 6.07 Å². The van der Waals surface area contributed by atoms with Crippen molar-refractivity contribution in [3.8, 4) is 11.5 Å². The molecule has 0 radical (unpaired) electrons. The Hall–Kier alpha value is -1.67. The number of benzene rings is 1. The Kier molecular flexibility index (Phi) is 7.45. The van der Waals surface area contributed by atoms with Gasteiger partial charge < -0.3 is 14.2 Å². The summed E-state index contributed by atoms with van der Waals surface area (Å²) < 4.78 is 31.4. The summed E-state index contributed by atoms with van der Waals surface area (Å²) in [7, 11) is 2.73. The van der Waals surface area contributed by atoms with Crippen LogP contribution >= 0.6 is 27.3 Å². The van der Waals surface area contributed by atoms with Gasteiger partial charge in [0.2, 0.25) is 0 Å². The number of methoxy groups -OCH3 is 2. The predicted molar refractivity (Wildman–Crippen MR) is 112 cm³/mol. The summed E-state index contributed by atoms with van der Waals surface area (Å²) in [5.41, 5.74) is -0.188. The second-order valence-corrected chi connectivity index (χ2v) is 9.03. The van der Waals surface area contributed by atoms with Gasteiger partial charge in [0.25, 0.3) is 0 Å². The van der Waals surface area contributed by atoms with Crippen LogP contribution in [0, 0.1) is 17.2 Å². The van der Waals surface area contributed by atoms with E-state index in [1.807, 2.05) is 13.8 Å². The number of esters is 1. The number of ketones is 1. The fraction of sp³-hybridized carbons (Fsp3) is 0.500. The van der Waals surface area contributed by atoms with E-state index in [4.69, 9.17) is 9.47 Å². The van der Waals surface area contributed by atoms with Gasteiger partial charge in [-0.25, -0.2) is 4.39 Å². The molecule has 0 unspecified atom stereocenters. The fourth-order valence-electron chi connectivity index (χ4n) is 2.49. The highest BCUT2D eigenvalue weighted by Crippen LogP contribution is 2.41. The molecule has 0 spiro atoms. The van der Waals surface area contributed by atoms with Gasteiger partial charge in [0.15, 0.2) is 23.1 Å². The first-order chi connectivity index (χ1) is 13.1. The molecule has 1 aromatic carbocycles. The monoisotopic (exact) mass is 474 g/mol. The van der Waals surface area contributed by atoms with E-state index in [-0.39, 0.29) is 29.1 Å². The molecule has 0 saturated heterocycles. The van der Waals surface area contributed by atoms with Crippen molar-refractivity contribution in [3.63, 3.8) is 0 Å². The first-order valence-corrected chi connectivity index (χ1v) is 10.7. The van der Waals surface area contributed by atoms with E-state index in [1.165, 1.54) is 20.3 Å². The molecule has 8 heteroatoms. The third-order valence-electron chi connectivity index (χ3n) is 4.24. The summed E-state index contributed by atoms with van der Waals surface area (Å²) in [6.45, 7) is 5.91. The Bertz CT molecular complexity index is 877. The molecule has 1 heterocycles. The molecule has 0 aliphatic rings. The smallest absolute Gasteiger partial charge is 0.308 e. The lowest BCUT2D eigenvalue weighted by Crippen LogP contribution is -2.23. The average Bonchev–Trinajstić information content (AvgIpc) is 3.10. The number of alkyl halides is 1. The Morgan fingerprint density at radius 3 is 2.54 bits per heavy atom. The van der Waals surface area contributed by atoms with Crippen molar-refractivity contribution < 1.29 is 28.2 Å². The van der Waals surface area contributed by atoms with E-state index in [2.05, 4.69) is 20.7 Å². The molecule has 0 bridgehead atoms. The minimum atomic E-state index is -0.563. The molecule has 0 fully saturated rings. The summed E-state index contributed by atoms with van der Waals surface area (Å²) in [5.74, 6) is -1.50. The van der Waals surface area contributed by atoms with Gasteiger partial charge in [0, 0.05) is 33.3 Å². The number of hydrogen-bond acceptors (Lipinski definition) is 6. The fourth-order valence-corrected chi connectivity index (χ4v) is 3.69. The van der Waals surface area contributed by atoms with Crippen LogP contribution in [0.15, 0.2) is 12.1 Å². The van der Waals surface area contributed by atoms with Gasteiger partial charge in [-0.2, -0.15) is 0 Å². The average molecular weight is 475 g/mol. The normalized spacial score (nSPS) is 12.7. The summed E-state index contributed by atoms with van der Waals surface area (Å²) in [4.78, 5) is 24.4. The highest BCUT2D eigenvalue weighted by atomic mass is 79.9. The zero-order chi connectivity index (χ0) is 21.1. The van der Waals surface area contributed by atoms with E-state index in [9.17, 15) is 9.59 Å². The van der Waals surface area contributed by atoms with Crippen molar-refractivity contribution >= 4 is 49.1 Å². The molecule has 28 heavy (non-hydrogen) atoms. The quantitative estimate of drug-likeness (QED) is 0.282. The van der Waals surface area contributed by atoms with Crippen molar-refractivity contribution in [1.29, 1.82) is 0 Å². The van der Waals surface area contributed by atoms with E-state index in [1.54, 1.807) is 13.0 Å². The zero-order valence-corrected chi connectivity index (χ0v) is 19.0. The maximum absolute atomic E-state index is 15.1. The highest BCUT2D eigenvalue weighted by molar-refractivity contribution is 9.09. The van der Waals surface area contributed by atoms with Gasteiger partial charge in [-0.3, -0.25) is 9.59 Å². The van der Waals surface area contributed by atoms with Crippen LogP contribution < -0.4 is 9.47 Å². The number of carbonyl (C=O) groups excluding carboxylic acids is 2. The number of Topliss-reactive ketones (excluding diaryl/α,β-unsaturated/α-hetero) is 1. The van der Waals surface area contributed by atoms with Crippen molar-refractivity contribution in [3.05, 3.63) is 22.8 Å². The molecule has 1 aromatic heterocycles. The lowest BCUT2D eigenvalue weighted by Gasteiger charge is -2.22. The van der Waals surface area contributed by atoms with Gasteiger partial charge in [0.1, 0.15) is 0 Å². The SMILES string of the molecule is COC(=O)[C@@H](C)CC(=O)c1cc2c(F)c(OCC(C)(C)CBr)c(OC)cc2s1. The van der Waals surface area contributed by atoms with Crippen molar-refractivity contribution in [1.82, 2.24) is 0 Å². The minimum Gasteiger partial charge on any atom is -0.493 e. The maximum atomic E-state index is 15.1. The maximum Gasteiger partial charge on any atom is 0.308 e. The number of hydrogen-bond donors (Lipinski definition) is 0. The van der Waals surface area contributed by atoms with Crippen LogP contribution in [0.1, 0.15) is 36.9 Å². The summed E-state index contributed by atoms with van der Waals surface area (Å²) >= 11 is 4.58. The Balaban J connectivity index is 2.36. The summed E-state index contributed by atoms with van der Waals surface area (Å²) in [6, 6.07) is 3.17. The van der Waals surface area contributed by atoms with Crippen LogP contribution in [0.4, 0.5) is 4.39 Å². The first-order valence-electron chi connectivity index (χ1n) is 8.73. The lowest BCUT2D eigenvalue weighted by molar-refractivity contribution is -0.144. The van der Waals surface area contributed by atoms with E-state index >= 15 is 4.39 Å². The molecule has 0 saturated carbocycles. The number of ether oxygens (including phenoxy) is 3. The van der Waals surface area contributed by atoms with Crippen LogP contribution in [0.2, 0.25) is 0 Å². The standard InChI is InChI=1S/C20H24BrFO5S/c1-11(19(24)26-5)6-13(23)16-7-12-15(28-16)8-14(25-4)18(17(12)22)27-10-20(2,3)9-21/h7-8,11H,6,9-10H2,1-5H3/t11-/m0/s1. The second-order valence-electron chi connectivity index (χ2n) is 7.38. The van der Waals surface area contributed by atoms with E-state index in [0.717, 1.165) is 11.3 Å². The zero-order valence-electron chi connectivity index (χ0n) is 16.6. The molecule has 5 nitrogen and oxygen atoms in total. The van der Waals surface area contributed by atoms with Crippen molar-refractivity contribution in [2.75, 3.05) is 26.2 Å². The van der Waals surface area contributed by atoms with Crippen LogP contribution in [0.5, 0.6) is 11.5 Å². The number of halogens is 2. The van der Waals surface area contributed by atoms with Crippen LogP contribution in [-0.2, 0) is 9.53 Å². The molecular weight excluding hydrogens is 451 g/mol. The molecule has 154 valence electrons. The third-order valence-corrected chi connectivity index (χ3v) is 6.88. The highest BCUT2D eigenvalue weighted by Gasteiger charge is 2.25. The molecule has 0 aliphatic carbocycles. The molecule has 2 rings (SSSR count). The first kappa shape index (κ1) is 22.6. The van der Waals surface area contributed by atoms with Gasteiger partial charge in [0.05, 0.1) is 31.6 Å². The molecule has 0 aliphatic heterocycles. The largest absolute Gasteiger partial charge is 0.493 e. The van der Waals surface area contributed by atoms with Crippen molar-refractivity contribution in [2.45, 2.75) is 27.2 Å². The summed E-state index contributed by atoms with van der Waals surface area (Å²) in [5, 5.41) is 0.994. The topological polar surface area (TPSA) is 61.8 Å². The summed E-state index contributed by atoms with van der Waals surface area (Å²) in [6.07, 6.45) is 0.00104. The molecule has 1 atom stereocenters. The third kappa shape index (κ3) is 5.03. The predicted octanol–water partition coefficient (Wildman–Crippen LogP) is 5.23. The lowest BCUT2D eigenvalue weighted by atomic mass is 9.98. The molecule has 2 aromatic rings. The van der Waals surface area contributed by atoms with E-state index < -0.39 is 17.7 Å². The number of rotatable bonds is 9. The van der Waals surface area contributed by atoms with Crippen molar-refractivity contribution in [2.24, 2.45) is 11.3 Å². The number of carbonyl (C=O) groups is 2. The number of fused-ring (bicyclic) bond motifs is 1. The van der Waals surface area contributed by atoms with E-state index in [0.29, 0.717) is 26.9 Å². The molecule has 0 amide bonds. The Morgan fingerprint density at radius 1 is 1.29 bits per heavy atom. The molecular formula is C20H24BrFO5S. The van der Waals surface area contributed by atoms with Gasteiger partial charge in [-0.1, -0.05) is 36.7 Å². The van der Waals surface area contributed by atoms with Crippen LogP contribution in [-0.4, -0.2) is 37.9 Å². The molecule has 0 N–H and O–H groups in total. The number of thiophene rings is 1. The minimum absolute atomic E-state index is 0.00104. The Labute approximate surface area is 176 Å². The van der Waals surface area contributed by atoms with Gasteiger partial charge >= 0.3 is 5.97 Å². The Morgan fingerprint density at radius 2 is 1.96 bits per heavy atom. The second kappa shape index (κ2) is 9.22. The van der Waals surface area contributed by atoms with Gasteiger partial charge in [-0.15, -0.1) is 11.3 Å².